The zero-order valence-corrected chi connectivity index (χ0v) is 20.6. The van der Waals surface area contributed by atoms with Gasteiger partial charge in [-0.1, -0.05) is 48.2 Å². The quantitative estimate of drug-likeness (QED) is 0.627. The lowest BCUT2D eigenvalue weighted by Crippen LogP contribution is -2.50. The third-order valence-corrected chi connectivity index (χ3v) is 8.85. The normalized spacial score (nSPS) is 24.6. The van der Waals surface area contributed by atoms with Crippen LogP contribution in [0.15, 0.2) is 53.7 Å². The van der Waals surface area contributed by atoms with Crippen molar-refractivity contribution in [1.29, 1.82) is 0 Å². The highest BCUT2D eigenvalue weighted by atomic mass is 32.2. The maximum atomic E-state index is 13.9. The van der Waals surface area contributed by atoms with Crippen molar-refractivity contribution in [2.75, 3.05) is 39.8 Å². The summed E-state index contributed by atoms with van der Waals surface area (Å²) in [7, 11) is 2.16. The topological polar surface area (TPSA) is 55.5 Å². The van der Waals surface area contributed by atoms with Gasteiger partial charge in [-0.2, -0.15) is 0 Å². The molecule has 0 saturated carbocycles. The van der Waals surface area contributed by atoms with Gasteiger partial charge in [-0.15, -0.1) is 0 Å². The molecule has 0 unspecified atom stereocenters. The first-order valence-electron chi connectivity index (χ1n) is 12.6. The third kappa shape index (κ3) is 4.37. The number of fused-ring (bicyclic) bond motifs is 2. The number of likely N-dealkylation sites (tertiary alicyclic amines) is 1. The lowest BCUT2D eigenvalue weighted by molar-refractivity contribution is -0.136. The van der Waals surface area contributed by atoms with Crippen molar-refractivity contribution >= 4 is 28.7 Å². The highest BCUT2D eigenvalue weighted by molar-refractivity contribution is 7.99. The summed E-state index contributed by atoms with van der Waals surface area (Å²) in [6.07, 6.45) is 4.04. The second-order valence-corrected chi connectivity index (χ2v) is 11.3. The van der Waals surface area contributed by atoms with E-state index in [1.807, 2.05) is 23.9 Å². The van der Waals surface area contributed by atoms with Crippen molar-refractivity contribution in [2.24, 2.45) is 0 Å². The van der Waals surface area contributed by atoms with Crippen molar-refractivity contribution in [2.45, 2.75) is 48.2 Å². The largest absolute Gasteiger partial charge is 0.340 e. The number of hydrogen-bond donors (Lipinski definition) is 1. The molecule has 6 nitrogen and oxygen atoms in total. The molecule has 2 aromatic carbocycles. The molecule has 0 spiro atoms. The molecular formula is C27H33N5OS. The van der Waals surface area contributed by atoms with Crippen LogP contribution in [0.2, 0.25) is 0 Å². The summed E-state index contributed by atoms with van der Waals surface area (Å²) in [4.78, 5) is 29.2. The van der Waals surface area contributed by atoms with Crippen molar-refractivity contribution in [3.8, 4) is 0 Å². The van der Waals surface area contributed by atoms with Crippen molar-refractivity contribution in [1.82, 2.24) is 24.7 Å². The Morgan fingerprint density at radius 1 is 1.00 bits per heavy atom. The Balaban J connectivity index is 1.23. The third-order valence-electron chi connectivity index (χ3n) is 7.76. The molecule has 1 aliphatic carbocycles. The maximum absolute atomic E-state index is 13.9. The molecule has 3 heterocycles. The van der Waals surface area contributed by atoms with Crippen molar-refractivity contribution in [3.63, 3.8) is 0 Å². The lowest BCUT2D eigenvalue weighted by atomic mass is 10.1. The van der Waals surface area contributed by atoms with Crippen LogP contribution >= 0.6 is 11.8 Å². The van der Waals surface area contributed by atoms with Crippen LogP contribution < -0.4 is 0 Å². The Hall–Kier alpha value is -2.35. The number of aromatic amines is 1. The number of para-hydroxylation sites is 2. The van der Waals surface area contributed by atoms with Crippen LogP contribution in [0, 0.1) is 0 Å². The number of imidazole rings is 1. The van der Waals surface area contributed by atoms with Gasteiger partial charge in [0.15, 0.2) is 5.16 Å². The second-order valence-electron chi connectivity index (χ2n) is 10.1. The molecule has 6 rings (SSSR count). The van der Waals surface area contributed by atoms with Crippen LogP contribution in [-0.4, -0.2) is 87.7 Å². The Labute approximate surface area is 205 Å². The predicted octanol–water partition coefficient (Wildman–Crippen LogP) is 3.43. The number of rotatable bonds is 4. The van der Waals surface area contributed by atoms with E-state index in [1.165, 1.54) is 11.1 Å². The van der Waals surface area contributed by atoms with Crippen LogP contribution in [0.5, 0.6) is 0 Å². The average Bonchev–Trinajstić information content (AvgIpc) is 3.52. The highest BCUT2D eigenvalue weighted by Gasteiger charge is 2.44. The van der Waals surface area contributed by atoms with Crippen LogP contribution in [0.4, 0.5) is 0 Å². The summed E-state index contributed by atoms with van der Waals surface area (Å²) in [6.45, 7) is 4.68. The minimum atomic E-state index is -0.0374. The van der Waals surface area contributed by atoms with Gasteiger partial charge in [0.25, 0.3) is 0 Å². The Bertz CT molecular complexity index is 1120. The summed E-state index contributed by atoms with van der Waals surface area (Å²) in [5.41, 5.74) is 4.98. The molecule has 3 aliphatic rings. The first-order chi connectivity index (χ1) is 16.6. The van der Waals surface area contributed by atoms with E-state index in [0.717, 1.165) is 74.6 Å². The number of hydrogen-bond acceptors (Lipinski definition) is 5. The number of carbonyl (C=O) groups excluding carboxylic acids is 1. The van der Waals surface area contributed by atoms with E-state index in [2.05, 4.69) is 63.1 Å². The van der Waals surface area contributed by atoms with E-state index in [4.69, 9.17) is 4.98 Å². The van der Waals surface area contributed by atoms with Gasteiger partial charge < -0.3 is 14.8 Å². The van der Waals surface area contributed by atoms with Gasteiger partial charge >= 0.3 is 0 Å². The van der Waals surface area contributed by atoms with Gasteiger partial charge in [-0.25, -0.2) is 4.98 Å². The molecule has 3 aromatic rings. The zero-order chi connectivity index (χ0) is 23.1. The number of likely N-dealkylation sites (N-methyl/N-ethyl adjacent to an activating group) is 1. The minimum Gasteiger partial charge on any atom is -0.340 e. The molecule has 34 heavy (non-hydrogen) atoms. The summed E-state index contributed by atoms with van der Waals surface area (Å²) in [5.74, 6) is 0.332. The highest BCUT2D eigenvalue weighted by Crippen LogP contribution is 2.37. The SMILES string of the molecule is CN1CCCN(C(=O)[C@@H]2C[C@@H](Sc3nc4ccccc4[nH]3)CN2C2Cc3ccccc3C2)CC1. The van der Waals surface area contributed by atoms with E-state index in [9.17, 15) is 4.79 Å². The molecule has 7 heteroatoms. The molecule has 1 amide bonds. The smallest absolute Gasteiger partial charge is 0.240 e. The summed E-state index contributed by atoms with van der Waals surface area (Å²) in [6, 6.07) is 17.4. The molecule has 0 bridgehead atoms. The van der Waals surface area contributed by atoms with E-state index in [1.54, 1.807) is 0 Å². The maximum Gasteiger partial charge on any atom is 0.240 e. The summed E-state index contributed by atoms with van der Waals surface area (Å²) >= 11 is 1.81. The van der Waals surface area contributed by atoms with E-state index < -0.39 is 0 Å². The summed E-state index contributed by atoms with van der Waals surface area (Å²) < 4.78 is 0. The number of nitrogens with zero attached hydrogens (tertiary/aromatic N) is 4. The molecule has 1 aromatic heterocycles. The first kappa shape index (κ1) is 22.1. The van der Waals surface area contributed by atoms with Gasteiger partial charge in [0.1, 0.15) is 0 Å². The number of benzene rings is 2. The Kier molecular flexibility index (Phi) is 6.09. The van der Waals surface area contributed by atoms with Crippen molar-refractivity contribution < 1.29 is 4.79 Å². The van der Waals surface area contributed by atoms with Crippen molar-refractivity contribution in [3.05, 3.63) is 59.7 Å². The zero-order valence-electron chi connectivity index (χ0n) is 19.8. The second kappa shape index (κ2) is 9.36. The van der Waals surface area contributed by atoms with Gasteiger partial charge in [0.05, 0.1) is 17.1 Å². The van der Waals surface area contributed by atoms with Gasteiger partial charge in [0, 0.05) is 37.5 Å². The van der Waals surface area contributed by atoms with Crippen LogP contribution in [0.1, 0.15) is 24.0 Å². The number of nitrogens with one attached hydrogen (secondary N) is 1. The molecule has 1 N–H and O–H groups in total. The van der Waals surface area contributed by atoms with Gasteiger partial charge in [-0.05, 0) is 62.5 Å². The molecule has 2 fully saturated rings. The number of aromatic nitrogens is 2. The molecule has 2 aliphatic heterocycles. The molecule has 178 valence electrons. The molecule has 0 radical (unpaired) electrons. The lowest BCUT2D eigenvalue weighted by Gasteiger charge is -2.33. The number of thioether (sulfide) groups is 1. The fourth-order valence-corrected chi connectivity index (χ4v) is 7.10. The van der Waals surface area contributed by atoms with E-state index in [0.29, 0.717) is 17.2 Å². The van der Waals surface area contributed by atoms with E-state index in [-0.39, 0.29) is 6.04 Å². The van der Waals surface area contributed by atoms with E-state index >= 15 is 0 Å². The van der Waals surface area contributed by atoms with Crippen LogP contribution in [0.3, 0.4) is 0 Å². The standard InChI is InChI=1S/C27H33N5OS/c1-30-11-6-12-31(14-13-30)26(33)25-17-22(34-27-28-23-9-4-5-10-24(23)29-27)18-32(25)21-15-19-7-2-3-8-20(19)16-21/h2-5,7-10,21-22,25H,6,11-18H2,1H3,(H,28,29)/t22-,25+/m1/s1. The van der Waals surface area contributed by atoms with Crippen LogP contribution in [-0.2, 0) is 17.6 Å². The number of carbonyl (C=O) groups is 1. The molecule has 2 atom stereocenters. The molecular weight excluding hydrogens is 442 g/mol. The van der Waals surface area contributed by atoms with Crippen LogP contribution in [0.25, 0.3) is 11.0 Å². The first-order valence-corrected chi connectivity index (χ1v) is 13.4. The molecule has 2 saturated heterocycles. The number of H-pyrrole nitrogens is 1. The fraction of sp³-hybridized carbons (Fsp3) is 0.481. The fourth-order valence-electron chi connectivity index (χ4n) is 5.94. The average molecular weight is 476 g/mol. The summed E-state index contributed by atoms with van der Waals surface area (Å²) in [5, 5.41) is 1.32. The Morgan fingerprint density at radius 2 is 1.76 bits per heavy atom. The predicted molar refractivity (Wildman–Crippen MR) is 137 cm³/mol. The number of amides is 1. The van der Waals surface area contributed by atoms with Gasteiger partial charge in [0.2, 0.25) is 5.91 Å². The minimum absolute atomic E-state index is 0.0374. The monoisotopic (exact) mass is 475 g/mol. The van der Waals surface area contributed by atoms with Gasteiger partial charge in [-0.3, -0.25) is 9.69 Å². The Morgan fingerprint density at radius 3 is 2.56 bits per heavy atom.